The predicted molar refractivity (Wildman–Crippen MR) is 65.3 cm³/mol. The van der Waals surface area contributed by atoms with E-state index in [2.05, 4.69) is 17.0 Å². The average molecular weight is 223 g/mol. The molecule has 0 saturated carbocycles. The molecule has 3 heteroatoms. The molecule has 0 fully saturated rings. The molecule has 0 bridgehead atoms. The fourth-order valence-electron chi connectivity index (χ4n) is 1.44. The number of rotatable bonds is 8. The van der Waals surface area contributed by atoms with E-state index in [9.17, 15) is 0 Å². The van der Waals surface area contributed by atoms with Crippen LogP contribution in [0.15, 0.2) is 30.3 Å². The van der Waals surface area contributed by atoms with Gasteiger partial charge in [-0.25, -0.2) is 0 Å². The number of nitrogens with zero attached hydrogens (tertiary/aromatic N) is 1. The third kappa shape index (κ3) is 5.85. The monoisotopic (exact) mass is 223 g/mol. The lowest BCUT2D eigenvalue weighted by molar-refractivity contribution is 0.0977. The maximum absolute atomic E-state index is 8.68. The minimum Gasteiger partial charge on any atom is -0.396 e. The van der Waals surface area contributed by atoms with Gasteiger partial charge in [0.05, 0.1) is 13.2 Å². The van der Waals surface area contributed by atoms with Gasteiger partial charge >= 0.3 is 0 Å². The molecule has 0 unspecified atom stereocenters. The average Bonchev–Trinajstić information content (AvgIpc) is 2.33. The Morgan fingerprint density at radius 2 is 1.94 bits per heavy atom. The minimum atomic E-state index is 0.259. The summed E-state index contributed by atoms with van der Waals surface area (Å²) < 4.78 is 5.57. The molecule has 0 aliphatic carbocycles. The lowest BCUT2D eigenvalue weighted by atomic mass is 10.2. The molecule has 0 amide bonds. The summed E-state index contributed by atoms with van der Waals surface area (Å²) in [5.74, 6) is 0. The summed E-state index contributed by atoms with van der Waals surface area (Å²) >= 11 is 0. The standard InChI is InChI=1S/C13H21NO2/c1-14(8-5-10-15)9-11-16-12-13-6-3-2-4-7-13/h2-4,6-7,15H,5,8-12H2,1H3. The zero-order valence-electron chi connectivity index (χ0n) is 9.93. The Kier molecular flexibility index (Phi) is 6.81. The van der Waals surface area contributed by atoms with Crippen LogP contribution >= 0.6 is 0 Å². The number of aliphatic hydroxyl groups excluding tert-OH is 1. The molecule has 3 nitrogen and oxygen atoms in total. The van der Waals surface area contributed by atoms with Crippen LogP contribution < -0.4 is 0 Å². The van der Waals surface area contributed by atoms with E-state index in [0.29, 0.717) is 6.61 Å². The topological polar surface area (TPSA) is 32.7 Å². The first-order chi connectivity index (χ1) is 7.83. The SMILES string of the molecule is CN(CCCO)CCOCc1ccccc1. The quantitative estimate of drug-likeness (QED) is 0.678. The third-order valence-electron chi connectivity index (χ3n) is 2.43. The van der Waals surface area contributed by atoms with E-state index in [1.165, 1.54) is 5.56 Å². The van der Waals surface area contributed by atoms with Crippen LogP contribution in [0.25, 0.3) is 0 Å². The van der Waals surface area contributed by atoms with E-state index >= 15 is 0 Å². The van der Waals surface area contributed by atoms with E-state index in [0.717, 1.165) is 26.1 Å². The van der Waals surface area contributed by atoms with Crippen molar-refractivity contribution in [2.45, 2.75) is 13.0 Å². The summed E-state index contributed by atoms with van der Waals surface area (Å²) in [7, 11) is 2.04. The van der Waals surface area contributed by atoms with E-state index in [4.69, 9.17) is 9.84 Å². The molecule has 1 aromatic rings. The van der Waals surface area contributed by atoms with Crippen LogP contribution in [0.1, 0.15) is 12.0 Å². The van der Waals surface area contributed by atoms with Crippen molar-refractivity contribution in [3.8, 4) is 0 Å². The highest BCUT2D eigenvalue weighted by Gasteiger charge is 1.97. The largest absolute Gasteiger partial charge is 0.396 e. The first kappa shape index (κ1) is 13.2. The summed E-state index contributed by atoms with van der Waals surface area (Å²) in [4.78, 5) is 2.17. The van der Waals surface area contributed by atoms with Crippen molar-refractivity contribution in [2.24, 2.45) is 0 Å². The van der Waals surface area contributed by atoms with Gasteiger partial charge < -0.3 is 14.7 Å². The molecule has 0 aromatic heterocycles. The second-order valence-corrected chi connectivity index (χ2v) is 3.92. The molecular formula is C13H21NO2. The van der Waals surface area contributed by atoms with E-state index < -0.39 is 0 Å². The van der Waals surface area contributed by atoms with Gasteiger partial charge in [0.15, 0.2) is 0 Å². The van der Waals surface area contributed by atoms with Gasteiger partial charge in [0.2, 0.25) is 0 Å². The predicted octanol–water partition coefficient (Wildman–Crippen LogP) is 1.52. The highest BCUT2D eigenvalue weighted by atomic mass is 16.5. The van der Waals surface area contributed by atoms with Crippen molar-refractivity contribution >= 4 is 0 Å². The number of likely N-dealkylation sites (N-methyl/N-ethyl adjacent to an activating group) is 1. The van der Waals surface area contributed by atoms with Crippen molar-refractivity contribution in [3.05, 3.63) is 35.9 Å². The first-order valence-corrected chi connectivity index (χ1v) is 5.74. The highest BCUT2D eigenvalue weighted by molar-refractivity contribution is 5.13. The van der Waals surface area contributed by atoms with E-state index in [1.807, 2.05) is 25.2 Å². The Hall–Kier alpha value is -0.900. The molecule has 0 atom stereocenters. The highest BCUT2D eigenvalue weighted by Crippen LogP contribution is 2.00. The van der Waals surface area contributed by atoms with Crippen LogP contribution in [0.4, 0.5) is 0 Å². The van der Waals surface area contributed by atoms with Crippen molar-refractivity contribution < 1.29 is 9.84 Å². The van der Waals surface area contributed by atoms with Crippen LogP contribution in [0, 0.1) is 0 Å². The maximum Gasteiger partial charge on any atom is 0.0717 e. The second kappa shape index (κ2) is 8.28. The van der Waals surface area contributed by atoms with E-state index in [1.54, 1.807) is 0 Å². The Morgan fingerprint density at radius 1 is 1.19 bits per heavy atom. The van der Waals surface area contributed by atoms with Crippen LogP contribution in [-0.2, 0) is 11.3 Å². The van der Waals surface area contributed by atoms with Crippen LogP contribution in [0.3, 0.4) is 0 Å². The lowest BCUT2D eigenvalue weighted by Crippen LogP contribution is -2.24. The zero-order valence-corrected chi connectivity index (χ0v) is 9.93. The van der Waals surface area contributed by atoms with Crippen LogP contribution in [0.5, 0.6) is 0 Å². The number of benzene rings is 1. The Labute approximate surface area is 97.7 Å². The van der Waals surface area contributed by atoms with E-state index in [-0.39, 0.29) is 6.61 Å². The zero-order chi connectivity index (χ0) is 11.6. The molecule has 0 radical (unpaired) electrons. The normalized spacial score (nSPS) is 10.9. The second-order valence-electron chi connectivity index (χ2n) is 3.92. The molecular weight excluding hydrogens is 202 g/mol. The van der Waals surface area contributed by atoms with Crippen LogP contribution in [0.2, 0.25) is 0 Å². The van der Waals surface area contributed by atoms with Gasteiger partial charge in [-0.15, -0.1) is 0 Å². The van der Waals surface area contributed by atoms with Gasteiger partial charge in [0.1, 0.15) is 0 Å². The van der Waals surface area contributed by atoms with Gasteiger partial charge in [0, 0.05) is 19.7 Å². The van der Waals surface area contributed by atoms with Crippen molar-refractivity contribution in [1.82, 2.24) is 4.90 Å². The molecule has 0 saturated heterocycles. The van der Waals surface area contributed by atoms with Gasteiger partial charge in [-0.3, -0.25) is 0 Å². The summed E-state index contributed by atoms with van der Waals surface area (Å²) in [5.41, 5.74) is 1.21. The number of aliphatic hydroxyl groups is 1. The molecule has 90 valence electrons. The molecule has 16 heavy (non-hydrogen) atoms. The maximum atomic E-state index is 8.68. The molecule has 1 rings (SSSR count). The number of ether oxygens (including phenoxy) is 1. The third-order valence-corrected chi connectivity index (χ3v) is 2.43. The Balaban J connectivity index is 2.03. The molecule has 1 aromatic carbocycles. The summed E-state index contributed by atoms with van der Waals surface area (Å²) in [5, 5.41) is 8.68. The van der Waals surface area contributed by atoms with Gasteiger partial charge in [0.25, 0.3) is 0 Å². The first-order valence-electron chi connectivity index (χ1n) is 5.74. The van der Waals surface area contributed by atoms with Crippen molar-refractivity contribution in [2.75, 3.05) is 33.4 Å². The minimum absolute atomic E-state index is 0.259. The molecule has 0 heterocycles. The fourth-order valence-corrected chi connectivity index (χ4v) is 1.44. The fraction of sp³-hybridized carbons (Fsp3) is 0.538. The lowest BCUT2D eigenvalue weighted by Gasteiger charge is -2.15. The molecule has 0 aliphatic rings. The van der Waals surface area contributed by atoms with Gasteiger partial charge in [-0.05, 0) is 19.0 Å². The Bertz CT molecular complexity index is 264. The smallest absolute Gasteiger partial charge is 0.0717 e. The van der Waals surface area contributed by atoms with Crippen LogP contribution in [-0.4, -0.2) is 43.4 Å². The Morgan fingerprint density at radius 3 is 2.62 bits per heavy atom. The summed E-state index contributed by atoms with van der Waals surface area (Å²) in [6.45, 7) is 3.50. The molecule has 0 spiro atoms. The molecule has 0 aliphatic heterocycles. The molecule has 1 N–H and O–H groups in total. The number of hydrogen-bond donors (Lipinski definition) is 1. The number of hydrogen-bond acceptors (Lipinski definition) is 3. The summed E-state index contributed by atoms with van der Waals surface area (Å²) in [6.07, 6.45) is 0.829. The van der Waals surface area contributed by atoms with Gasteiger partial charge in [-0.2, -0.15) is 0 Å². The van der Waals surface area contributed by atoms with Crippen molar-refractivity contribution in [1.29, 1.82) is 0 Å². The summed E-state index contributed by atoms with van der Waals surface area (Å²) in [6, 6.07) is 10.2. The van der Waals surface area contributed by atoms with Crippen molar-refractivity contribution in [3.63, 3.8) is 0 Å². The van der Waals surface area contributed by atoms with Gasteiger partial charge in [-0.1, -0.05) is 30.3 Å².